The molecule has 4 rings (SSSR count). The molecular formula is C21H27N5OS. The predicted molar refractivity (Wildman–Crippen MR) is 114 cm³/mol. The number of nitrogens with one attached hydrogen (secondary N) is 1. The number of ether oxygens (including phenoxy) is 1. The van der Waals surface area contributed by atoms with E-state index in [0.29, 0.717) is 0 Å². The van der Waals surface area contributed by atoms with Crippen LogP contribution in [0.1, 0.15) is 16.8 Å². The van der Waals surface area contributed by atoms with Crippen molar-refractivity contribution in [2.24, 2.45) is 0 Å². The van der Waals surface area contributed by atoms with Gasteiger partial charge in [-0.05, 0) is 25.5 Å². The largest absolute Gasteiger partial charge is 0.379 e. The summed E-state index contributed by atoms with van der Waals surface area (Å²) < 4.78 is 7.44. The summed E-state index contributed by atoms with van der Waals surface area (Å²) >= 11 is 1.67. The molecule has 1 aliphatic heterocycles. The highest BCUT2D eigenvalue weighted by molar-refractivity contribution is 7.19. The Morgan fingerprint density at radius 1 is 1.14 bits per heavy atom. The Balaban J connectivity index is 1.37. The third-order valence-corrected chi connectivity index (χ3v) is 6.08. The van der Waals surface area contributed by atoms with E-state index in [4.69, 9.17) is 9.84 Å². The minimum Gasteiger partial charge on any atom is -0.379 e. The van der Waals surface area contributed by atoms with Crippen LogP contribution in [0, 0.1) is 13.8 Å². The molecule has 148 valence electrons. The summed E-state index contributed by atoms with van der Waals surface area (Å²) in [5, 5.41) is 9.16. The van der Waals surface area contributed by atoms with Crippen molar-refractivity contribution in [3.05, 3.63) is 53.3 Å². The number of anilines is 1. The van der Waals surface area contributed by atoms with Crippen LogP contribution < -0.4 is 5.32 Å². The van der Waals surface area contributed by atoms with Gasteiger partial charge in [-0.1, -0.05) is 41.2 Å². The van der Waals surface area contributed by atoms with Crippen LogP contribution in [0.3, 0.4) is 0 Å². The lowest BCUT2D eigenvalue weighted by atomic mass is 10.1. The molecule has 3 heterocycles. The molecule has 0 saturated carbocycles. The van der Waals surface area contributed by atoms with Crippen molar-refractivity contribution in [1.29, 1.82) is 0 Å². The maximum absolute atomic E-state index is 5.41. The molecule has 7 heteroatoms. The van der Waals surface area contributed by atoms with Crippen molar-refractivity contribution in [1.82, 2.24) is 19.7 Å². The van der Waals surface area contributed by atoms with Crippen LogP contribution in [0.2, 0.25) is 0 Å². The van der Waals surface area contributed by atoms with Crippen LogP contribution in [0.25, 0.3) is 10.6 Å². The van der Waals surface area contributed by atoms with Crippen molar-refractivity contribution >= 4 is 16.5 Å². The van der Waals surface area contributed by atoms with E-state index in [2.05, 4.69) is 65.6 Å². The van der Waals surface area contributed by atoms with Crippen LogP contribution in [-0.4, -0.2) is 52.5 Å². The zero-order chi connectivity index (χ0) is 19.3. The van der Waals surface area contributed by atoms with E-state index in [1.54, 1.807) is 11.3 Å². The molecule has 3 aromatic rings. The lowest BCUT2D eigenvalue weighted by Crippen LogP contribution is -2.38. The molecule has 1 aliphatic rings. The number of hydrogen-bond donors (Lipinski definition) is 1. The lowest BCUT2D eigenvalue weighted by molar-refractivity contribution is 0.0360. The van der Waals surface area contributed by atoms with E-state index in [-0.39, 0.29) is 0 Å². The van der Waals surface area contributed by atoms with Crippen LogP contribution in [0.4, 0.5) is 5.13 Å². The molecule has 28 heavy (non-hydrogen) atoms. The van der Waals surface area contributed by atoms with Crippen LogP contribution in [0.5, 0.6) is 0 Å². The molecule has 1 aromatic carbocycles. The first-order chi connectivity index (χ1) is 13.7. The van der Waals surface area contributed by atoms with Gasteiger partial charge in [0.15, 0.2) is 5.13 Å². The van der Waals surface area contributed by atoms with Crippen LogP contribution in [-0.2, 0) is 17.8 Å². The van der Waals surface area contributed by atoms with Gasteiger partial charge in [-0.15, -0.1) is 0 Å². The molecule has 0 atom stereocenters. The standard InChI is InChI=1S/C21H27N5OS/c1-16-4-3-5-18(14-16)15-22-21-23-17(2)20(28-21)19-6-7-26(24-19)9-8-25-10-12-27-13-11-25/h3-7,14H,8-13,15H2,1-2H3,(H,22,23). The lowest BCUT2D eigenvalue weighted by Gasteiger charge is -2.26. The zero-order valence-electron chi connectivity index (χ0n) is 16.5. The van der Waals surface area contributed by atoms with Crippen molar-refractivity contribution in [2.45, 2.75) is 26.9 Å². The van der Waals surface area contributed by atoms with Gasteiger partial charge in [-0.25, -0.2) is 4.98 Å². The van der Waals surface area contributed by atoms with E-state index >= 15 is 0 Å². The third kappa shape index (κ3) is 4.79. The fourth-order valence-electron chi connectivity index (χ4n) is 3.39. The fraction of sp³-hybridized carbons (Fsp3) is 0.429. The van der Waals surface area contributed by atoms with Crippen LogP contribution >= 0.6 is 11.3 Å². The average Bonchev–Trinajstić information content (AvgIpc) is 3.32. The summed E-state index contributed by atoms with van der Waals surface area (Å²) in [4.78, 5) is 8.25. The predicted octanol–water partition coefficient (Wildman–Crippen LogP) is 3.57. The summed E-state index contributed by atoms with van der Waals surface area (Å²) in [6, 6.07) is 10.6. The van der Waals surface area contributed by atoms with Gasteiger partial charge in [0.1, 0.15) is 5.69 Å². The molecule has 6 nitrogen and oxygen atoms in total. The van der Waals surface area contributed by atoms with Crippen molar-refractivity contribution < 1.29 is 4.74 Å². The molecule has 0 radical (unpaired) electrons. The minimum atomic E-state index is 0.780. The fourth-order valence-corrected chi connectivity index (χ4v) is 4.31. The first-order valence-corrected chi connectivity index (χ1v) is 10.6. The van der Waals surface area contributed by atoms with Gasteiger partial charge in [0, 0.05) is 32.4 Å². The van der Waals surface area contributed by atoms with Crippen molar-refractivity contribution in [3.8, 4) is 10.6 Å². The quantitative estimate of drug-likeness (QED) is 0.661. The molecule has 2 aromatic heterocycles. The Bertz CT molecular complexity index is 913. The Kier molecular flexibility index (Phi) is 6.04. The number of benzene rings is 1. The van der Waals surface area contributed by atoms with Gasteiger partial charge >= 0.3 is 0 Å². The number of morpholine rings is 1. The number of aryl methyl sites for hydroxylation is 2. The van der Waals surface area contributed by atoms with E-state index in [1.165, 1.54) is 11.1 Å². The molecular weight excluding hydrogens is 370 g/mol. The number of rotatable bonds is 7. The topological polar surface area (TPSA) is 55.2 Å². The van der Waals surface area contributed by atoms with Gasteiger partial charge in [-0.2, -0.15) is 5.10 Å². The second kappa shape index (κ2) is 8.86. The summed E-state index contributed by atoms with van der Waals surface area (Å²) in [5.74, 6) is 0. The Labute approximate surface area is 170 Å². The Morgan fingerprint density at radius 2 is 2.00 bits per heavy atom. The van der Waals surface area contributed by atoms with Crippen molar-refractivity contribution in [3.63, 3.8) is 0 Å². The summed E-state index contributed by atoms with van der Waals surface area (Å²) in [6.45, 7) is 10.6. The first-order valence-electron chi connectivity index (χ1n) is 9.78. The second-order valence-electron chi connectivity index (χ2n) is 7.19. The average molecular weight is 398 g/mol. The summed E-state index contributed by atoms with van der Waals surface area (Å²) in [6.07, 6.45) is 2.06. The van der Waals surface area contributed by atoms with E-state index in [0.717, 1.165) is 67.3 Å². The molecule has 0 spiro atoms. The SMILES string of the molecule is Cc1cccc(CNc2nc(C)c(-c3ccn(CCN4CCOCC4)n3)s2)c1. The molecule has 1 fully saturated rings. The second-order valence-corrected chi connectivity index (χ2v) is 8.19. The maximum Gasteiger partial charge on any atom is 0.183 e. The number of aromatic nitrogens is 3. The summed E-state index contributed by atoms with van der Waals surface area (Å²) in [5.41, 5.74) is 4.57. The molecule has 0 bridgehead atoms. The number of hydrogen-bond acceptors (Lipinski definition) is 6. The van der Waals surface area contributed by atoms with Gasteiger partial charge in [0.2, 0.25) is 0 Å². The normalized spacial score (nSPS) is 15.1. The highest BCUT2D eigenvalue weighted by Gasteiger charge is 2.14. The highest BCUT2D eigenvalue weighted by atomic mass is 32.1. The van der Waals surface area contributed by atoms with E-state index in [9.17, 15) is 0 Å². The maximum atomic E-state index is 5.41. The minimum absolute atomic E-state index is 0.780. The van der Waals surface area contributed by atoms with Gasteiger partial charge in [-0.3, -0.25) is 9.58 Å². The smallest absolute Gasteiger partial charge is 0.183 e. The molecule has 0 aliphatic carbocycles. The molecule has 1 saturated heterocycles. The van der Waals surface area contributed by atoms with E-state index in [1.807, 2.05) is 4.68 Å². The van der Waals surface area contributed by atoms with Gasteiger partial charge in [0.25, 0.3) is 0 Å². The number of nitrogens with zero attached hydrogens (tertiary/aromatic N) is 4. The molecule has 1 N–H and O–H groups in total. The van der Waals surface area contributed by atoms with Gasteiger partial charge in [0.05, 0.1) is 30.3 Å². The summed E-state index contributed by atoms with van der Waals surface area (Å²) in [7, 11) is 0. The van der Waals surface area contributed by atoms with E-state index < -0.39 is 0 Å². The first kappa shape index (κ1) is 19.1. The van der Waals surface area contributed by atoms with Crippen LogP contribution in [0.15, 0.2) is 36.5 Å². The highest BCUT2D eigenvalue weighted by Crippen LogP contribution is 2.31. The third-order valence-electron chi connectivity index (χ3n) is 4.95. The monoisotopic (exact) mass is 397 g/mol. The zero-order valence-corrected chi connectivity index (χ0v) is 17.3. The Hall–Kier alpha value is -2.22. The number of thiazole rings is 1. The van der Waals surface area contributed by atoms with Gasteiger partial charge < -0.3 is 10.1 Å². The molecule has 0 unspecified atom stereocenters. The Morgan fingerprint density at radius 3 is 2.82 bits per heavy atom. The molecule has 0 amide bonds. The van der Waals surface area contributed by atoms with Crippen molar-refractivity contribution in [2.75, 3.05) is 38.2 Å².